The van der Waals surface area contributed by atoms with E-state index < -0.39 is 36.0 Å². The van der Waals surface area contributed by atoms with Crippen LogP contribution in [0.15, 0.2) is 77.4 Å². The molecule has 0 unspecified atom stereocenters. The molecule has 1 heterocycles. The molecule has 9 nitrogen and oxygen atoms in total. The maximum absolute atomic E-state index is 13.5. The molecule has 1 aromatic heterocycles. The molecule has 0 radical (unpaired) electrons. The molecule has 10 heteroatoms. The van der Waals surface area contributed by atoms with E-state index in [0.29, 0.717) is 17.0 Å². The zero-order valence-electron chi connectivity index (χ0n) is 21.7. The lowest BCUT2D eigenvalue weighted by molar-refractivity contribution is -0.130. The van der Waals surface area contributed by atoms with Gasteiger partial charge in [0.05, 0.1) is 12.3 Å². The molecule has 3 aromatic rings. The van der Waals surface area contributed by atoms with Crippen molar-refractivity contribution in [3.05, 3.63) is 94.9 Å². The van der Waals surface area contributed by atoms with E-state index in [4.69, 9.17) is 16.0 Å². The van der Waals surface area contributed by atoms with E-state index in [1.807, 2.05) is 19.9 Å². The number of benzene rings is 2. The number of halogens is 1. The van der Waals surface area contributed by atoms with Gasteiger partial charge in [-0.1, -0.05) is 67.9 Å². The van der Waals surface area contributed by atoms with Crippen LogP contribution in [-0.2, 0) is 22.4 Å². The van der Waals surface area contributed by atoms with Gasteiger partial charge in [0.15, 0.2) is 5.76 Å². The Kier molecular flexibility index (Phi) is 10.7. The average molecular weight is 554 g/mol. The first-order valence-corrected chi connectivity index (χ1v) is 13.0. The summed E-state index contributed by atoms with van der Waals surface area (Å²) in [6.45, 7) is 3.85. The molecule has 0 aliphatic rings. The number of Topliss-reactive ketones (excluding diaryl/α,β-unsaturated/α-hetero) is 1. The van der Waals surface area contributed by atoms with E-state index in [0.717, 1.165) is 5.56 Å². The molecule has 206 valence electrons. The molecule has 3 atom stereocenters. The number of nitrogens with one attached hydrogen (secondary N) is 3. The average Bonchev–Trinajstić information content (AvgIpc) is 3.43. The van der Waals surface area contributed by atoms with Crippen molar-refractivity contribution in [3.63, 3.8) is 0 Å². The van der Waals surface area contributed by atoms with Crippen LogP contribution in [0.5, 0.6) is 0 Å². The highest BCUT2D eigenvalue weighted by atomic mass is 35.5. The van der Waals surface area contributed by atoms with Gasteiger partial charge in [-0.3, -0.25) is 14.4 Å². The SMILES string of the molecule is CC(C)C[C@H](NC(=O)[C@H](Cc1ccc(Cl)cc1)NC(=O)[C@H](Cc1ccccc1)NC(=O)O)C(=O)c1ccco1. The molecule has 4 N–H and O–H groups in total. The molecule has 3 amide bonds. The van der Waals surface area contributed by atoms with Crippen molar-refractivity contribution >= 4 is 35.3 Å². The molecular formula is C29H32ClN3O6. The molecular weight excluding hydrogens is 522 g/mol. The lowest BCUT2D eigenvalue weighted by Crippen LogP contribution is -2.56. The Morgan fingerprint density at radius 2 is 1.33 bits per heavy atom. The van der Waals surface area contributed by atoms with Crippen molar-refractivity contribution < 1.29 is 28.7 Å². The van der Waals surface area contributed by atoms with Crippen LogP contribution in [-0.4, -0.2) is 46.9 Å². The molecule has 0 aliphatic carbocycles. The normalized spacial score (nSPS) is 13.2. The smallest absolute Gasteiger partial charge is 0.405 e. The first-order valence-electron chi connectivity index (χ1n) is 12.6. The first kappa shape index (κ1) is 29.4. The van der Waals surface area contributed by atoms with Crippen LogP contribution in [0.2, 0.25) is 5.02 Å². The van der Waals surface area contributed by atoms with Gasteiger partial charge >= 0.3 is 6.09 Å². The molecule has 0 bridgehead atoms. The highest BCUT2D eigenvalue weighted by molar-refractivity contribution is 6.30. The second-order valence-electron chi connectivity index (χ2n) is 9.62. The number of carboxylic acid groups (broad SMARTS) is 1. The molecule has 2 aromatic carbocycles. The van der Waals surface area contributed by atoms with E-state index in [2.05, 4.69) is 16.0 Å². The Morgan fingerprint density at radius 1 is 0.769 bits per heavy atom. The van der Waals surface area contributed by atoms with Crippen LogP contribution in [0.3, 0.4) is 0 Å². The van der Waals surface area contributed by atoms with Gasteiger partial charge < -0.3 is 25.5 Å². The first-order chi connectivity index (χ1) is 18.6. The van der Waals surface area contributed by atoms with Crippen LogP contribution in [0.1, 0.15) is 41.9 Å². The maximum Gasteiger partial charge on any atom is 0.405 e. The minimum Gasteiger partial charge on any atom is -0.465 e. The molecule has 0 saturated heterocycles. The summed E-state index contributed by atoms with van der Waals surface area (Å²) in [6, 6.07) is 15.7. The molecule has 39 heavy (non-hydrogen) atoms. The zero-order valence-corrected chi connectivity index (χ0v) is 22.5. The van der Waals surface area contributed by atoms with Gasteiger partial charge in [-0.15, -0.1) is 0 Å². The standard InChI is InChI=1S/C29H32ClN3O6/c1-18(2)15-22(26(34)25-9-6-14-39-25)31-27(35)23(17-20-10-12-21(30)13-11-20)32-28(36)24(33-29(37)38)16-19-7-4-3-5-8-19/h3-14,18,22-24,33H,15-17H2,1-2H3,(H,31,35)(H,32,36)(H,37,38)/t22-,23-,24-/m0/s1. The molecule has 0 aliphatic heterocycles. The number of ketones is 1. The molecule has 0 fully saturated rings. The Balaban J connectivity index is 1.84. The van der Waals surface area contributed by atoms with Gasteiger partial charge in [-0.25, -0.2) is 4.79 Å². The highest BCUT2D eigenvalue weighted by Gasteiger charge is 2.31. The minimum absolute atomic E-state index is 0.0774. The van der Waals surface area contributed by atoms with E-state index in [9.17, 15) is 24.3 Å². The summed E-state index contributed by atoms with van der Waals surface area (Å²) in [5, 5.41) is 17.6. The summed E-state index contributed by atoms with van der Waals surface area (Å²) in [5.74, 6) is -1.44. The molecule has 0 spiro atoms. The fourth-order valence-electron chi connectivity index (χ4n) is 4.11. The predicted molar refractivity (Wildman–Crippen MR) is 147 cm³/mol. The van der Waals surface area contributed by atoms with Crippen LogP contribution in [0, 0.1) is 5.92 Å². The zero-order chi connectivity index (χ0) is 28.4. The van der Waals surface area contributed by atoms with Crippen molar-refractivity contribution in [2.24, 2.45) is 5.92 Å². The van der Waals surface area contributed by atoms with Crippen molar-refractivity contribution in [3.8, 4) is 0 Å². The number of furan rings is 1. The van der Waals surface area contributed by atoms with Gasteiger partial charge in [0.25, 0.3) is 0 Å². The quantitative estimate of drug-likeness (QED) is 0.233. The van der Waals surface area contributed by atoms with Crippen molar-refractivity contribution in [1.82, 2.24) is 16.0 Å². The topological polar surface area (TPSA) is 138 Å². The van der Waals surface area contributed by atoms with Gasteiger partial charge in [0.2, 0.25) is 17.6 Å². The van der Waals surface area contributed by atoms with E-state index >= 15 is 0 Å². The van der Waals surface area contributed by atoms with Gasteiger partial charge in [-0.2, -0.15) is 0 Å². The third kappa shape index (κ3) is 9.30. The van der Waals surface area contributed by atoms with Crippen molar-refractivity contribution in [1.29, 1.82) is 0 Å². The summed E-state index contributed by atoms with van der Waals surface area (Å²) >= 11 is 6.00. The maximum atomic E-state index is 13.5. The fourth-order valence-corrected chi connectivity index (χ4v) is 4.24. The molecule has 3 rings (SSSR count). The Morgan fingerprint density at radius 3 is 1.87 bits per heavy atom. The van der Waals surface area contributed by atoms with E-state index in [1.54, 1.807) is 54.6 Å². The molecule has 0 saturated carbocycles. The predicted octanol–water partition coefficient (Wildman–Crippen LogP) is 4.25. The van der Waals surface area contributed by atoms with Gasteiger partial charge in [0, 0.05) is 17.9 Å². The second-order valence-corrected chi connectivity index (χ2v) is 10.1. The number of amides is 3. The van der Waals surface area contributed by atoms with Crippen molar-refractivity contribution in [2.75, 3.05) is 0 Å². The van der Waals surface area contributed by atoms with E-state index in [-0.39, 0.29) is 30.3 Å². The van der Waals surface area contributed by atoms with Gasteiger partial charge in [0.1, 0.15) is 12.1 Å². The minimum atomic E-state index is -1.37. The van der Waals surface area contributed by atoms with Crippen molar-refractivity contribution in [2.45, 2.75) is 51.2 Å². The number of hydrogen-bond donors (Lipinski definition) is 4. The third-order valence-electron chi connectivity index (χ3n) is 5.99. The Labute approximate surface area is 231 Å². The Bertz CT molecular complexity index is 1250. The lowest BCUT2D eigenvalue weighted by Gasteiger charge is -2.25. The number of hydrogen-bond acceptors (Lipinski definition) is 5. The summed E-state index contributed by atoms with van der Waals surface area (Å²) in [6.07, 6.45) is 0.535. The summed E-state index contributed by atoms with van der Waals surface area (Å²) in [4.78, 5) is 51.4. The van der Waals surface area contributed by atoms with Crippen LogP contribution >= 0.6 is 11.6 Å². The van der Waals surface area contributed by atoms with E-state index in [1.165, 1.54) is 12.3 Å². The third-order valence-corrected chi connectivity index (χ3v) is 6.24. The monoisotopic (exact) mass is 553 g/mol. The highest BCUT2D eigenvalue weighted by Crippen LogP contribution is 2.15. The summed E-state index contributed by atoms with van der Waals surface area (Å²) < 4.78 is 5.25. The summed E-state index contributed by atoms with van der Waals surface area (Å²) in [7, 11) is 0. The summed E-state index contributed by atoms with van der Waals surface area (Å²) in [5.41, 5.74) is 1.45. The lowest BCUT2D eigenvalue weighted by atomic mass is 9.97. The largest absolute Gasteiger partial charge is 0.465 e. The second kappa shape index (κ2) is 14.2. The number of rotatable bonds is 13. The van der Waals surface area contributed by atoms with Gasteiger partial charge in [-0.05, 0) is 47.7 Å². The number of carbonyl (C=O) groups is 4. The fraction of sp³-hybridized carbons (Fsp3) is 0.310. The number of carbonyl (C=O) groups excluding carboxylic acids is 3. The van der Waals surface area contributed by atoms with Crippen LogP contribution in [0.4, 0.5) is 4.79 Å². The Hall–Kier alpha value is -4.11. The van der Waals surface area contributed by atoms with Crippen LogP contribution < -0.4 is 16.0 Å². The van der Waals surface area contributed by atoms with Crippen LogP contribution in [0.25, 0.3) is 0 Å².